The van der Waals surface area contributed by atoms with Crippen LogP contribution in [-0.2, 0) is 11.2 Å². The second-order valence-electron chi connectivity index (χ2n) is 5.83. The van der Waals surface area contributed by atoms with Gasteiger partial charge in [0.05, 0.1) is 12.3 Å². The van der Waals surface area contributed by atoms with Crippen LogP contribution in [0.2, 0.25) is 0 Å². The number of carbonyl (C=O) groups excluding carboxylic acids is 1. The van der Waals surface area contributed by atoms with E-state index in [0.29, 0.717) is 49.8 Å². The topological polar surface area (TPSA) is 84.6 Å². The molecule has 124 valence electrons. The summed E-state index contributed by atoms with van der Waals surface area (Å²) >= 11 is 0. The number of hydrogen-bond acceptors (Lipinski definition) is 4. The van der Waals surface area contributed by atoms with Gasteiger partial charge in [0.25, 0.3) is 0 Å². The van der Waals surface area contributed by atoms with Crippen molar-refractivity contribution in [2.75, 3.05) is 25.5 Å². The van der Waals surface area contributed by atoms with Crippen LogP contribution in [0.15, 0.2) is 18.2 Å². The molecule has 0 saturated heterocycles. The van der Waals surface area contributed by atoms with Crippen LogP contribution < -0.4 is 15.8 Å². The third-order valence-electron chi connectivity index (χ3n) is 3.32. The lowest BCUT2D eigenvalue weighted by Gasteiger charge is -2.11. The minimum absolute atomic E-state index is 0.00992. The molecule has 0 saturated carbocycles. The quantitative estimate of drug-likeness (QED) is 0.456. The van der Waals surface area contributed by atoms with Crippen molar-refractivity contribution in [3.8, 4) is 5.75 Å². The summed E-state index contributed by atoms with van der Waals surface area (Å²) in [5.41, 5.74) is 7.62. The molecule has 0 fully saturated rings. The Balaban J connectivity index is 2.39. The molecular formula is C17H28N2O3. The van der Waals surface area contributed by atoms with Gasteiger partial charge in [-0.05, 0) is 42.9 Å². The molecule has 1 aromatic carbocycles. The molecule has 0 atom stereocenters. The Labute approximate surface area is 132 Å². The van der Waals surface area contributed by atoms with E-state index in [2.05, 4.69) is 19.2 Å². The van der Waals surface area contributed by atoms with Crippen LogP contribution in [0.5, 0.6) is 5.75 Å². The number of ether oxygens (including phenoxy) is 1. The van der Waals surface area contributed by atoms with Gasteiger partial charge < -0.3 is 20.9 Å². The molecule has 0 bridgehead atoms. The molecule has 0 aromatic heterocycles. The summed E-state index contributed by atoms with van der Waals surface area (Å²) in [5.74, 6) is 1.30. The number of hydrogen-bond donors (Lipinski definition) is 3. The Morgan fingerprint density at radius 2 is 2.18 bits per heavy atom. The highest BCUT2D eigenvalue weighted by Gasteiger charge is 2.06. The fraction of sp³-hybridized carbons (Fsp3) is 0.588. The Morgan fingerprint density at radius 3 is 2.82 bits per heavy atom. The van der Waals surface area contributed by atoms with E-state index in [9.17, 15) is 4.79 Å². The zero-order valence-corrected chi connectivity index (χ0v) is 13.6. The van der Waals surface area contributed by atoms with Gasteiger partial charge in [-0.25, -0.2) is 0 Å². The maximum Gasteiger partial charge on any atom is 0.220 e. The van der Waals surface area contributed by atoms with Crippen molar-refractivity contribution in [2.45, 2.75) is 39.5 Å². The normalized spacial score (nSPS) is 10.7. The van der Waals surface area contributed by atoms with Crippen LogP contribution in [0.1, 0.15) is 38.7 Å². The summed E-state index contributed by atoms with van der Waals surface area (Å²) in [6.07, 6.45) is 2.64. The minimum atomic E-state index is -0.00992. The van der Waals surface area contributed by atoms with Gasteiger partial charge in [-0.15, -0.1) is 0 Å². The molecule has 5 nitrogen and oxygen atoms in total. The summed E-state index contributed by atoms with van der Waals surface area (Å²) in [7, 11) is 0. The summed E-state index contributed by atoms with van der Waals surface area (Å²) in [5, 5.41) is 11.4. The number of nitrogen functional groups attached to an aromatic ring is 1. The standard InChI is InChI=1S/C17H28N2O3/c1-13(2)8-11-22-16-6-4-14(12-15(16)18)5-7-17(21)19-9-3-10-20/h4,6,12-13,20H,3,5,7-11,18H2,1-2H3,(H,19,21). The second kappa shape index (κ2) is 10.1. The Hall–Kier alpha value is -1.75. The number of rotatable bonds is 10. The molecule has 0 spiro atoms. The Kier molecular flexibility index (Phi) is 8.36. The van der Waals surface area contributed by atoms with Crippen LogP contribution in [0, 0.1) is 5.92 Å². The van der Waals surface area contributed by atoms with Crippen molar-refractivity contribution >= 4 is 11.6 Å². The number of aliphatic hydroxyl groups excluding tert-OH is 1. The van der Waals surface area contributed by atoms with Gasteiger partial charge in [0.2, 0.25) is 5.91 Å². The highest BCUT2D eigenvalue weighted by atomic mass is 16.5. The lowest BCUT2D eigenvalue weighted by molar-refractivity contribution is -0.121. The molecule has 0 radical (unpaired) electrons. The molecule has 1 rings (SSSR count). The van der Waals surface area contributed by atoms with E-state index in [-0.39, 0.29) is 12.5 Å². The van der Waals surface area contributed by atoms with E-state index < -0.39 is 0 Å². The van der Waals surface area contributed by atoms with E-state index in [1.807, 2.05) is 18.2 Å². The molecule has 0 aliphatic heterocycles. The van der Waals surface area contributed by atoms with Crippen LogP contribution in [0.3, 0.4) is 0 Å². The molecule has 5 heteroatoms. The number of aliphatic hydroxyl groups is 1. The molecule has 0 aliphatic carbocycles. The van der Waals surface area contributed by atoms with Crippen LogP contribution in [-0.4, -0.2) is 30.8 Å². The Bertz CT molecular complexity index is 461. The van der Waals surface area contributed by atoms with E-state index in [0.717, 1.165) is 12.0 Å². The first kappa shape index (κ1) is 18.3. The van der Waals surface area contributed by atoms with Gasteiger partial charge in [-0.2, -0.15) is 0 Å². The molecular weight excluding hydrogens is 280 g/mol. The number of amides is 1. The van der Waals surface area contributed by atoms with E-state index >= 15 is 0 Å². The van der Waals surface area contributed by atoms with Gasteiger partial charge in [-0.3, -0.25) is 4.79 Å². The van der Waals surface area contributed by atoms with Gasteiger partial charge in [0.1, 0.15) is 5.75 Å². The van der Waals surface area contributed by atoms with E-state index in [1.54, 1.807) is 0 Å². The molecule has 0 heterocycles. The van der Waals surface area contributed by atoms with Crippen molar-refractivity contribution in [3.63, 3.8) is 0 Å². The average molecular weight is 308 g/mol. The summed E-state index contributed by atoms with van der Waals surface area (Å²) in [6, 6.07) is 5.68. The first-order valence-electron chi connectivity index (χ1n) is 7.91. The first-order chi connectivity index (χ1) is 10.5. The lowest BCUT2D eigenvalue weighted by Crippen LogP contribution is -2.25. The average Bonchev–Trinajstić information content (AvgIpc) is 2.47. The van der Waals surface area contributed by atoms with Crippen molar-refractivity contribution in [2.24, 2.45) is 5.92 Å². The summed E-state index contributed by atoms with van der Waals surface area (Å²) < 4.78 is 5.67. The first-order valence-corrected chi connectivity index (χ1v) is 7.91. The van der Waals surface area contributed by atoms with Crippen LogP contribution in [0.4, 0.5) is 5.69 Å². The SMILES string of the molecule is CC(C)CCOc1ccc(CCC(=O)NCCCO)cc1N. The van der Waals surface area contributed by atoms with Crippen molar-refractivity contribution < 1.29 is 14.6 Å². The van der Waals surface area contributed by atoms with Gasteiger partial charge in [0.15, 0.2) is 0 Å². The van der Waals surface area contributed by atoms with Gasteiger partial charge in [0, 0.05) is 19.6 Å². The van der Waals surface area contributed by atoms with Gasteiger partial charge in [-0.1, -0.05) is 19.9 Å². The number of nitrogens with two attached hydrogens (primary N) is 1. The highest BCUT2D eigenvalue weighted by Crippen LogP contribution is 2.23. The second-order valence-corrected chi connectivity index (χ2v) is 5.83. The smallest absolute Gasteiger partial charge is 0.220 e. The summed E-state index contributed by atoms with van der Waals surface area (Å²) in [6.45, 7) is 5.58. The van der Waals surface area contributed by atoms with E-state index in [4.69, 9.17) is 15.6 Å². The molecule has 1 aromatic rings. The molecule has 0 unspecified atom stereocenters. The summed E-state index contributed by atoms with van der Waals surface area (Å²) in [4.78, 5) is 11.6. The molecule has 0 aliphatic rings. The fourth-order valence-corrected chi connectivity index (χ4v) is 1.94. The van der Waals surface area contributed by atoms with E-state index in [1.165, 1.54) is 0 Å². The molecule has 22 heavy (non-hydrogen) atoms. The minimum Gasteiger partial charge on any atom is -0.491 e. The number of nitrogens with one attached hydrogen (secondary N) is 1. The monoisotopic (exact) mass is 308 g/mol. The zero-order chi connectivity index (χ0) is 16.4. The van der Waals surface area contributed by atoms with Crippen molar-refractivity contribution in [1.29, 1.82) is 0 Å². The predicted octanol–water partition coefficient (Wildman–Crippen LogP) is 2.12. The van der Waals surface area contributed by atoms with Crippen LogP contribution >= 0.6 is 0 Å². The van der Waals surface area contributed by atoms with Crippen molar-refractivity contribution in [3.05, 3.63) is 23.8 Å². The maximum absolute atomic E-state index is 11.6. The van der Waals surface area contributed by atoms with Crippen molar-refractivity contribution in [1.82, 2.24) is 5.32 Å². The zero-order valence-electron chi connectivity index (χ0n) is 13.6. The third-order valence-corrected chi connectivity index (χ3v) is 3.32. The van der Waals surface area contributed by atoms with Gasteiger partial charge >= 0.3 is 0 Å². The largest absolute Gasteiger partial charge is 0.491 e. The Morgan fingerprint density at radius 1 is 1.41 bits per heavy atom. The highest BCUT2D eigenvalue weighted by molar-refractivity contribution is 5.76. The lowest BCUT2D eigenvalue weighted by atomic mass is 10.1. The number of anilines is 1. The van der Waals surface area contributed by atoms with Crippen LogP contribution in [0.25, 0.3) is 0 Å². The number of benzene rings is 1. The predicted molar refractivity (Wildman–Crippen MR) is 88.8 cm³/mol. The maximum atomic E-state index is 11.6. The number of carbonyl (C=O) groups is 1. The number of aryl methyl sites for hydroxylation is 1. The molecule has 4 N–H and O–H groups in total. The fourth-order valence-electron chi connectivity index (χ4n) is 1.94. The molecule has 1 amide bonds. The third kappa shape index (κ3) is 7.31.